The van der Waals surface area contributed by atoms with Crippen LogP contribution in [0.4, 0.5) is 0 Å². The number of nitrogens with zero attached hydrogens (tertiary/aromatic N) is 2. The van der Waals surface area contributed by atoms with Crippen LogP contribution < -0.4 is 4.74 Å². The van der Waals surface area contributed by atoms with Crippen molar-refractivity contribution in [2.24, 2.45) is 0 Å². The predicted octanol–water partition coefficient (Wildman–Crippen LogP) is 2.83. The molecular formula is C22H28N2O4. The summed E-state index contributed by atoms with van der Waals surface area (Å²) in [4.78, 5) is 30.1. The van der Waals surface area contributed by atoms with Gasteiger partial charge < -0.3 is 14.4 Å². The third-order valence-electron chi connectivity index (χ3n) is 5.68. The lowest BCUT2D eigenvalue weighted by Crippen LogP contribution is -2.40. The number of rotatable bonds is 6. The van der Waals surface area contributed by atoms with Gasteiger partial charge in [-0.25, -0.2) is 0 Å². The van der Waals surface area contributed by atoms with Crippen LogP contribution in [0.1, 0.15) is 44.6 Å². The number of carbonyl (C=O) groups excluding carboxylic acids is 2. The Balaban J connectivity index is 1.67. The first-order valence-electron chi connectivity index (χ1n) is 10.4. The summed E-state index contributed by atoms with van der Waals surface area (Å²) >= 11 is 0. The highest BCUT2D eigenvalue weighted by Gasteiger charge is 2.42. The van der Waals surface area contributed by atoms with Crippen molar-refractivity contribution in [3.05, 3.63) is 35.5 Å². The van der Waals surface area contributed by atoms with E-state index < -0.39 is 0 Å². The molecule has 150 valence electrons. The minimum atomic E-state index is -0.203. The third-order valence-corrected chi connectivity index (χ3v) is 5.68. The van der Waals surface area contributed by atoms with E-state index in [0.717, 1.165) is 50.1 Å². The lowest BCUT2D eigenvalue weighted by molar-refractivity contribution is -0.139. The van der Waals surface area contributed by atoms with Crippen LogP contribution in [0.15, 0.2) is 30.0 Å². The maximum atomic E-state index is 13.3. The third kappa shape index (κ3) is 3.65. The molecule has 0 bridgehead atoms. The number of hydrogen-bond donors (Lipinski definition) is 0. The summed E-state index contributed by atoms with van der Waals surface area (Å²) in [7, 11) is 0. The monoisotopic (exact) mass is 384 g/mol. The molecule has 0 spiro atoms. The number of imide groups is 1. The highest BCUT2D eigenvalue weighted by atomic mass is 16.5. The summed E-state index contributed by atoms with van der Waals surface area (Å²) in [5, 5.41) is 0. The van der Waals surface area contributed by atoms with Crippen molar-refractivity contribution in [2.75, 3.05) is 32.8 Å². The van der Waals surface area contributed by atoms with E-state index in [1.54, 1.807) is 0 Å². The quantitative estimate of drug-likeness (QED) is 0.706. The van der Waals surface area contributed by atoms with E-state index in [1.165, 1.54) is 11.3 Å². The van der Waals surface area contributed by atoms with Gasteiger partial charge >= 0.3 is 0 Å². The van der Waals surface area contributed by atoms with Gasteiger partial charge in [0, 0.05) is 19.7 Å². The van der Waals surface area contributed by atoms with E-state index in [1.807, 2.05) is 31.2 Å². The largest absolute Gasteiger partial charge is 0.494 e. The van der Waals surface area contributed by atoms with Gasteiger partial charge in [0.1, 0.15) is 11.4 Å². The average molecular weight is 384 g/mol. The lowest BCUT2D eigenvalue weighted by Gasteiger charge is -2.30. The summed E-state index contributed by atoms with van der Waals surface area (Å²) in [6.45, 7) is 5.22. The molecule has 3 aliphatic heterocycles. The van der Waals surface area contributed by atoms with Crippen LogP contribution in [0.3, 0.4) is 0 Å². The fraction of sp³-hybridized carbons (Fsp3) is 0.545. The van der Waals surface area contributed by atoms with Crippen molar-refractivity contribution in [2.45, 2.75) is 45.1 Å². The average Bonchev–Trinajstić information content (AvgIpc) is 3.32. The molecule has 2 saturated heterocycles. The molecule has 6 nitrogen and oxygen atoms in total. The summed E-state index contributed by atoms with van der Waals surface area (Å²) in [6.07, 6.45) is 5.10. The van der Waals surface area contributed by atoms with Crippen molar-refractivity contribution in [1.82, 2.24) is 9.80 Å². The zero-order chi connectivity index (χ0) is 19.5. The van der Waals surface area contributed by atoms with E-state index in [4.69, 9.17) is 9.47 Å². The van der Waals surface area contributed by atoms with Crippen LogP contribution in [-0.2, 0) is 14.3 Å². The van der Waals surface area contributed by atoms with Crippen LogP contribution in [-0.4, -0.2) is 60.6 Å². The molecule has 28 heavy (non-hydrogen) atoms. The van der Waals surface area contributed by atoms with E-state index >= 15 is 0 Å². The number of carbonyl (C=O) groups is 2. The van der Waals surface area contributed by atoms with Crippen molar-refractivity contribution in [1.29, 1.82) is 0 Å². The van der Waals surface area contributed by atoms with Crippen molar-refractivity contribution >= 4 is 17.4 Å². The number of likely N-dealkylation sites (tertiary alicyclic amines) is 1. The Labute approximate surface area is 166 Å². The first-order valence-corrected chi connectivity index (χ1v) is 10.4. The van der Waals surface area contributed by atoms with Gasteiger partial charge in [-0.1, -0.05) is 12.1 Å². The van der Waals surface area contributed by atoms with E-state index in [9.17, 15) is 9.59 Å². The van der Waals surface area contributed by atoms with Crippen LogP contribution in [0.5, 0.6) is 5.75 Å². The summed E-state index contributed by atoms with van der Waals surface area (Å²) < 4.78 is 11.2. The van der Waals surface area contributed by atoms with Crippen molar-refractivity contribution < 1.29 is 19.1 Å². The van der Waals surface area contributed by atoms with Crippen LogP contribution in [0.2, 0.25) is 0 Å². The molecule has 1 atom stereocenters. The number of amides is 2. The van der Waals surface area contributed by atoms with Gasteiger partial charge in [0.25, 0.3) is 11.8 Å². The zero-order valence-corrected chi connectivity index (χ0v) is 16.5. The summed E-state index contributed by atoms with van der Waals surface area (Å²) in [5.74, 6) is 0.385. The Kier molecular flexibility index (Phi) is 5.67. The molecule has 1 unspecified atom stereocenters. The molecule has 0 aliphatic carbocycles. The van der Waals surface area contributed by atoms with Gasteiger partial charge in [-0.3, -0.25) is 14.5 Å². The normalized spacial score (nSPS) is 23.1. The zero-order valence-electron chi connectivity index (χ0n) is 16.5. The fourth-order valence-electron chi connectivity index (χ4n) is 4.28. The first kappa shape index (κ1) is 19.0. The Bertz CT molecular complexity index is 759. The molecular weight excluding hydrogens is 356 g/mol. The molecule has 1 aromatic carbocycles. The summed E-state index contributed by atoms with van der Waals surface area (Å²) in [6, 6.07) is 7.48. The van der Waals surface area contributed by atoms with Gasteiger partial charge in [0.2, 0.25) is 0 Å². The van der Waals surface area contributed by atoms with Gasteiger partial charge in [-0.05, 0) is 56.7 Å². The molecule has 4 rings (SSSR count). The molecule has 2 fully saturated rings. The SMILES string of the molecule is CCOc1ccc(C2=C(N3CCCCC3)C(=O)N(CC3CCCO3)C2=O)cc1. The predicted molar refractivity (Wildman–Crippen MR) is 106 cm³/mol. The highest BCUT2D eigenvalue weighted by molar-refractivity contribution is 6.35. The summed E-state index contributed by atoms with van der Waals surface area (Å²) in [5.41, 5.74) is 1.86. The maximum absolute atomic E-state index is 13.3. The second kappa shape index (κ2) is 8.35. The second-order valence-electron chi connectivity index (χ2n) is 7.58. The fourth-order valence-corrected chi connectivity index (χ4v) is 4.28. The van der Waals surface area contributed by atoms with Crippen LogP contribution in [0, 0.1) is 0 Å². The van der Waals surface area contributed by atoms with E-state index in [0.29, 0.717) is 31.0 Å². The smallest absolute Gasteiger partial charge is 0.277 e. The molecule has 2 amide bonds. The van der Waals surface area contributed by atoms with Gasteiger partial charge in [0.05, 0.1) is 24.8 Å². The van der Waals surface area contributed by atoms with E-state index in [2.05, 4.69) is 4.90 Å². The molecule has 0 aromatic heterocycles. The molecule has 0 N–H and O–H groups in total. The molecule has 3 aliphatic rings. The number of piperidine rings is 1. The Hall–Kier alpha value is -2.34. The van der Waals surface area contributed by atoms with Crippen LogP contribution in [0.25, 0.3) is 5.57 Å². The minimum Gasteiger partial charge on any atom is -0.494 e. The van der Waals surface area contributed by atoms with Crippen molar-refractivity contribution in [3.8, 4) is 5.75 Å². The van der Waals surface area contributed by atoms with E-state index in [-0.39, 0.29) is 17.9 Å². The number of ether oxygens (including phenoxy) is 2. The molecule has 0 saturated carbocycles. The molecule has 6 heteroatoms. The maximum Gasteiger partial charge on any atom is 0.277 e. The molecule has 1 aromatic rings. The van der Waals surface area contributed by atoms with Crippen LogP contribution >= 0.6 is 0 Å². The second-order valence-corrected chi connectivity index (χ2v) is 7.58. The topological polar surface area (TPSA) is 59.1 Å². The Morgan fingerprint density at radius 2 is 1.79 bits per heavy atom. The number of benzene rings is 1. The molecule has 3 heterocycles. The van der Waals surface area contributed by atoms with Crippen molar-refractivity contribution in [3.63, 3.8) is 0 Å². The lowest BCUT2D eigenvalue weighted by atomic mass is 10.0. The minimum absolute atomic E-state index is 0.0461. The highest BCUT2D eigenvalue weighted by Crippen LogP contribution is 2.34. The van der Waals surface area contributed by atoms with Gasteiger partial charge in [0.15, 0.2) is 0 Å². The molecule has 0 radical (unpaired) electrons. The van der Waals surface area contributed by atoms with Gasteiger partial charge in [-0.15, -0.1) is 0 Å². The first-order chi connectivity index (χ1) is 13.7. The van der Waals surface area contributed by atoms with Gasteiger partial charge in [-0.2, -0.15) is 0 Å². The standard InChI is InChI=1S/C22H28N2O4/c1-2-27-17-10-8-16(9-11-17)19-20(23-12-4-3-5-13-23)22(26)24(21(19)25)15-18-7-6-14-28-18/h8-11,18H,2-7,12-15H2,1H3. The Morgan fingerprint density at radius 3 is 2.43 bits per heavy atom. The number of hydrogen-bond acceptors (Lipinski definition) is 5. The Morgan fingerprint density at radius 1 is 1.04 bits per heavy atom.